The number of nitrogens with two attached hydrogens (primary N) is 1. The fraction of sp³-hybridized carbons (Fsp3) is 0.917. The molecule has 1 saturated heterocycles. The molecule has 0 radical (unpaired) electrons. The summed E-state index contributed by atoms with van der Waals surface area (Å²) in [6.07, 6.45) is 2.76. The van der Waals surface area contributed by atoms with Gasteiger partial charge in [0.25, 0.3) is 0 Å². The van der Waals surface area contributed by atoms with Crippen molar-refractivity contribution in [1.29, 1.82) is 0 Å². The molecular formula is C12H26N4O3S. The number of hydrogen-bond donors (Lipinski definition) is 2. The van der Waals surface area contributed by atoms with Crippen LogP contribution in [0.1, 0.15) is 19.8 Å². The number of hydrogen-bond acceptors (Lipinski definition) is 6. The summed E-state index contributed by atoms with van der Waals surface area (Å²) in [4.78, 5) is 4.47. The molecule has 0 spiro atoms. The van der Waals surface area contributed by atoms with Gasteiger partial charge >= 0.3 is 0 Å². The Morgan fingerprint density at radius 1 is 1.35 bits per heavy atom. The topological polar surface area (TPSA) is 99.2 Å². The molecule has 118 valence electrons. The van der Waals surface area contributed by atoms with Crippen molar-refractivity contribution in [3.05, 3.63) is 0 Å². The lowest BCUT2D eigenvalue weighted by molar-refractivity contribution is 0.114. The monoisotopic (exact) mass is 306 g/mol. The van der Waals surface area contributed by atoms with Gasteiger partial charge in [-0.25, -0.2) is 8.42 Å². The van der Waals surface area contributed by atoms with Gasteiger partial charge in [0, 0.05) is 32.4 Å². The SMILES string of the molecule is CCC(C(N)=NO)N1CCN(CCCS(C)(=O)=O)CC1. The van der Waals surface area contributed by atoms with Crippen molar-refractivity contribution >= 4 is 15.7 Å². The molecule has 1 aliphatic rings. The van der Waals surface area contributed by atoms with Crippen molar-refractivity contribution < 1.29 is 13.6 Å². The Hall–Kier alpha value is -0.860. The Kier molecular flexibility index (Phi) is 6.70. The zero-order chi connectivity index (χ0) is 15.2. The lowest BCUT2D eigenvalue weighted by Gasteiger charge is -2.38. The predicted octanol–water partition coefficient (Wildman–Crippen LogP) is -0.436. The summed E-state index contributed by atoms with van der Waals surface area (Å²) in [7, 11) is -2.86. The first-order valence-electron chi connectivity index (χ1n) is 6.99. The number of piperazine rings is 1. The number of rotatable bonds is 7. The maximum Gasteiger partial charge on any atom is 0.156 e. The van der Waals surface area contributed by atoms with E-state index in [9.17, 15) is 8.42 Å². The van der Waals surface area contributed by atoms with Crippen molar-refractivity contribution in [2.75, 3.05) is 44.7 Å². The van der Waals surface area contributed by atoms with Crippen LogP contribution in [-0.2, 0) is 9.84 Å². The van der Waals surface area contributed by atoms with Crippen LogP contribution in [0.25, 0.3) is 0 Å². The molecule has 20 heavy (non-hydrogen) atoms. The Morgan fingerprint density at radius 2 is 1.95 bits per heavy atom. The van der Waals surface area contributed by atoms with Crippen LogP contribution in [-0.4, -0.2) is 80.0 Å². The molecule has 1 rings (SSSR count). The number of sulfone groups is 1. The summed E-state index contributed by atoms with van der Waals surface area (Å²) >= 11 is 0. The molecule has 0 aromatic carbocycles. The molecule has 0 amide bonds. The zero-order valence-corrected chi connectivity index (χ0v) is 13.1. The summed E-state index contributed by atoms with van der Waals surface area (Å²) in [5, 5.41) is 11.9. The van der Waals surface area contributed by atoms with E-state index in [-0.39, 0.29) is 17.6 Å². The highest BCUT2D eigenvalue weighted by atomic mass is 32.2. The lowest BCUT2D eigenvalue weighted by atomic mass is 10.1. The Labute approximate surface area is 121 Å². The summed E-state index contributed by atoms with van der Waals surface area (Å²) in [6, 6.07) is -0.0156. The van der Waals surface area contributed by atoms with E-state index in [0.29, 0.717) is 6.42 Å². The fourth-order valence-corrected chi connectivity index (χ4v) is 3.22. The van der Waals surface area contributed by atoms with Crippen molar-refractivity contribution in [3.63, 3.8) is 0 Å². The Balaban J connectivity index is 2.36. The first kappa shape index (κ1) is 17.2. The summed E-state index contributed by atoms with van der Waals surface area (Å²) in [6.45, 7) is 6.31. The minimum absolute atomic E-state index is 0.0156. The highest BCUT2D eigenvalue weighted by Crippen LogP contribution is 2.10. The van der Waals surface area contributed by atoms with E-state index in [0.717, 1.165) is 39.1 Å². The van der Waals surface area contributed by atoms with Crippen LogP contribution in [0.4, 0.5) is 0 Å². The smallest absolute Gasteiger partial charge is 0.156 e. The fourth-order valence-electron chi connectivity index (χ4n) is 2.57. The molecule has 1 heterocycles. The van der Waals surface area contributed by atoms with Crippen LogP contribution in [0.15, 0.2) is 5.16 Å². The van der Waals surface area contributed by atoms with Crippen LogP contribution >= 0.6 is 0 Å². The molecule has 0 saturated carbocycles. The van der Waals surface area contributed by atoms with Gasteiger partial charge in [0.2, 0.25) is 0 Å². The van der Waals surface area contributed by atoms with E-state index in [1.165, 1.54) is 6.26 Å². The highest BCUT2D eigenvalue weighted by molar-refractivity contribution is 7.90. The molecule has 8 heteroatoms. The molecule has 1 aliphatic heterocycles. The first-order chi connectivity index (χ1) is 9.37. The lowest BCUT2D eigenvalue weighted by Crippen LogP contribution is -2.54. The second kappa shape index (κ2) is 7.80. The molecule has 1 unspecified atom stereocenters. The largest absolute Gasteiger partial charge is 0.409 e. The van der Waals surface area contributed by atoms with Gasteiger partial charge < -0.3 is 15.8 Å². The van der Waals surface area contributed by atoms with E-state index >= 15 is 0 Å². The van der Waals surface area contributed by atoms with Crippen LogP contribution < -0.4 is 5.73 Å². The standard InChI is InChI=1S/C12H26N4O3S/c1-3-11(12(13)14-17)16-8-6-15(7-9-16)5-4-10-20(2,18)19/h11,17H,3-10H2,1-2H3,(H2,13,14). The molecule has 1 atom stereocenters. The molecule has 0 aromatic rings. The minimum atomic E-state index is -2.86. The molecule has 0 aliphatic carbocycles. The van der Waals surface area contributed by atoms with Crippen molar-refractivity contribution in [3.8, 4) is 0 Å². The van der Waals surface area contributed by atoms with Crippen molar-refractivity contribution in [1.82, 2.24) is 9.80 Å². The van der Waals surface area contributed by atoms with Gasteiger partial charge in [0.1, 0.15) is 9.84 Å². The third-order valence-electron chi connectivity index (χ3n) is 3.68. The van der Waals surface area contributed by atoms with Crippen molar-refractivity contribution in [2.45, 2.75) is 25.8 Å². The van der Waals surface area contributed by atoms with Gasteiger partial charge in [-0.1, -0.05) is 12.1 Å². The quantitative estimate of drug-likeness (QED) is 0.286. The van der Waals surface area contributed by atoms with E-state index in [4.69, 9.17) is 10.9 Å². The van der Waals surface area contributed by atoms with Gasteiger partial charge in [-0.05, 0) is 19.4 Å². The Morgan fingerprint density at radius 3 is 2.40 bits per heavy atom. The van der Waals surface area contributed by atoms with Crippen LogP contribution in [0, 0.1) is 0 Å². The third-order valence-corrected chi connectivity index (χ3v) is 4.71. The van der Waals surface area contributed by atoms with E-state index in [1.54, 1.807) is 0 Å². The summed E-state index contributed by atoms with van der Waals surface area (Å²) < 4.78 is 22.2. The molecule has 0 aromatic heterocycles. The summed E-state index contributed by atoms with van der Waals surface area (Å²) in [5.74, 6) is 0.507. The number of oxime groups is 1. The van der Waals surface area contributed by atoms with Crippen LogP contribution in [0.3, 0.4) is 0 Å². The summed E-state index contributed by atoms with van der Waals surface area (Å²) in [5.41, 5.74) is 5.70. The first-order valence-corrected chi connectivity index (χ1v) is 9.05. The number of amidine groups is 1. The second-order valence-electron chi connectivity index (χ2n) is 5.31. The maximum atomic E-state index is 11.1. The molecular weight excluding hydrogens is 280 g/mol. The van der Waals surface area contributed by atoms with E-state index < -0.39 is 9.84 Å². The molecule has 7 nitrogen and oxygen atoms in total. The zero-order valence-electron chi connectivity index (χ0n) is 12.3. The van der Waals surface area contributed by atoms with Gasteiger partial charge in [-0.15, -0.1) is 0 Å². The van der Waals surface area contributed by atoms with Gasteiger partial charge in [0.05, 0.1) is 11.8 Å². The minimum Gasteiger partial charge on any atom is -0.409 e. The average Bonchev–Trinajstić information content (AvgIpc) is 2.39. The van der Waals surface area contributed by atoms with Gasteiger partial charge in [0.15, 0.2) is 5.84 Å². The molecule has 3 N–H and O–H groups in total. The number of nitrogens with zero attached hydrogens (tertiary/aromatic N) is 3. The molecule has 1 fully saturated rings. The molecule has 0 bridgehead atoms. The Bertz CT molecular complexity index is 416. The van der Waals surface area contributed by atoms with Crippen LogP contribution in [0.5, 0.6) is 0 Å². The van der Waals surface area contributed by atoms with Crippen molar-refractivity contribution in [2.24, 2.45) is 10.9 Å². The van der Waals surface area contributed by atoms with E-state index in [2.05, 4.69) is 15.0 Å². The van der Waals surface area contributed by atoms with Crippen LogP contribution in [0.2, 0.25) is 0 Å². The maximum absolute atomic E-state index is 11.1. The highest BCUT2D eigenvalue weighted by Gasteiger charge is 2.25. The average molecular weight is 306 g/mol. The second-order valence-corrected chi connectivity index (χ2v) is 7.57. The van der Waals surface area contributed by atoms with Gasteiger partial charge in [-0.3, -0.25) is 4.90 Å². The van der Waals surface area contributed by atoms with E-state index in [1.807, 2.05) is 6.92 Å². The predicted molar refractivity (Wildman–Crippen MR) is 79.8 cm³/mol. The van der Waals surface area contributed by atoms with Gasteiger partial charge in [-0.2, -0.15) is 0 Å². The normalized spacial score (nSPS) is 21.0. The third kappa shape index (κ3) is 5.64.